The molecule has 1 aliphatic rings. The molecule has 0 aliphatic carbocycles. The molecule has 0 saturated carbocycles. The van der Waals surface area contributed by atoms with Gasteiger partial charge in [0.25, 0.3) is 0 Å². The summed E-state index contributed by atoms with van der Waals surface area (Å²) in [5.41, 5.74) is 9.82. The van der Waals surface area contributed by atoms with Gasteiger partial charge >= 0.3 is 0 Å². The summed E-state index contributed by atoms with van der Waals surface area (Å²) in [6.45, 7) is 9.58. The van der Waals surface area contributed by atoms with Crippen molar-refractivity contribution in [3.63, 3.8) is 0 Å². The molecule has 1 saturated heterocycles. The number of hydrogen-bond donors (Lipinski definition) is 2. The smallest absolute Gasteiger partial charge is 0.222 e. The van der Waals surface area contributed by atoms with Crippen LogP contribution in [0.15, 0.2) is 47.6 Å². The fourth-order valence-electron chi connectivity index (χ4n) is 5.26. The summed E-state index contributed by atoms with van der Waals surface area (Å²) in [5.74, 6) is 0.638. The van der Waals surface area contributed by atoms with Gasteiger partial charge in [-0.2, -0.15) is 5.26 Å². The number of rotatable bonds is 11. The zero-order chi connectivity index (χ0) is 30.1. The summed E-state index contributed by atoms with van der Waals surface area (Å²) >= 11 is 1.38. The van der Waals surface area contributed by atoms with Crippen molar-refractivity contribution in [2.24, 2.45) is 0 Å². The number of nitrogen functional groups attached to an aromatic ring is 1. The molecule has 1 aliphatic heterocycles. The SMILES string of the molecule is CCN(CC)C1CCN(C(=O)CCc2cccc(CSc3nc(N)c(C#N)c(-c4ccc(NC(C)=O)cc4)n3)n2)CC1. The molecule has 220 valence electrons. The second-order valence-electron chi connectivity index (χ2n) is 10.2. The largest absolute Gasteiger partial charge is 0.382 e. The van der Waals surface area contributed by atoms with Gasteiger partial charge in [-0.3, -0.25) is 14.6 Å². The summed E-state index contributed by atoms with van der Waals surface area (Å²) in [6, 6.07) is 15.6. The van der Waals surface area contributed by atoms with Crippen molar-refractivity contribution in [2.75, 3.05) is 37.2 Å². The number of pyridine rings is 1. The van der Waals surface area contributed by atoms with Crippen LogP contribution in [0.2, 0.25) is 0 Å². The first kappa shape index (κ1) is 30.9. The summed E-state index contributed by atoms with van der Waals surface area (Å²) < 4.78 is 0. The van der Waals surface area contributed by atoms with E-state index in [9.17, 15) is 14.9 Å². The summed E-state index contributed by atoms with van der Waals surface area (Å²) in [5, 5.41) is 12.8. The van der Waals surface area contributed by atoms with Crippen molar-refractivity contribution in [3.8, 4) is 17.3 Å². The molecule has 2 aromatic heterocycles. The Morgan fingerprint density at radius 1 is 1.07 bits per heavy atom. The summed E-state index contributed by atoms with van der Waals surface area (Å²) in [6.07, 6.45) is 3.10. The highest BCUT2D eigenvalue weighted by Gasteiger charge is 2.25. The van der Waals surface area contributed by atoms with Crippen LogP contribution < -0.4 is 11.1 Å². The normalized spacial score (nSPS) is 13.6. The maximum absolute atomic E-state index is 12.9. The minimum Gasteiger partial charge on any atom is -0.382 e. The van der Waals surface area contributed by atoms with Crippen LogP contribution in [0.25, 0.3) is 11.3 Å². The molecule has 0 spiro atoms. The average molecular weight is 587 g/mol. The van der Waals surface area contributed by atoms with Crippen LogP contribution in [-0.4, -0.2) is 68.8 Å². The summed E-state index contributed by atoms with van der Waals surface area (Å²) in [4.78, 5) is 42.4. The molecule has 0 bridgehead atoms. The number of piperidine rings is 1. The Morgan fingerprint density at radius 2 is 1.76 bits per heavy atom. The Hall–Kier alpha value is -4.01. The lowest BCUT2D eigenvalue weighted by Crippen LogP contribution is -2.46. The van der Waals surface area contributed by atoms with E-state index in [-0.39, 0.29) is 23.2 Å². The zero-order valence-electron chi connectivity index (χ0n) is 24.5. The van der Waals surface area contributed by atoms with E-state index in [0.717, 1.165) is 50.4 Å². The summed E-state index contributed by atoms with van der Waals surface area (Å²) in [7, 11) is 0. The molecule has 3 heterocycles. The fourth-order valence-corrected chi connectivity index (χ4v) is 6.01. The van der Waals surface area contributed by atoms with Crippen molar-refractivity contribution in [1.29, 1.82) is 5.26 Å². The van der Waals surface area contributed by atoms with Crippen LogP contribution in [-0.2, 0) is 21.8 Å². The van der Waals surface area contributed by atoms with Crippen LogP contribution in [0, 0.1) is 11.3 Å². The van der Waals surface area contributed by atoms with Gasteiger partial charge in [-0.05, 0) is 56.6 Å². The predicted octanol–water partition coefficient (Wildman–Crippen LogP) is 4.51. The molecular formula is C31H38N8O2S. The van der Waals surface area contributed by atoms with Gasteiger partial charge in [-0.1, -0.05) is 43.8 Å². The Kier molecular flexibility index (Phi) is 10.9. The van der Waals surface area contributed by atoms with Gasteiger partial charge in [-0.15, -0.1) is 0 Å². The van der Waals surface area contributed by atoms with Crippen LogP contribution in [0.3, 0.4) is 0 Å². The average Bonchev–Trinajstić information content (AvgIpc) is 3.00. The molecule has 1 aromatic carbocycles. The van der Waals surface area contributed by atoms with Gasteiger partial charge in [-0.25, -0.2) is 9.97 Å². The van der Waals surface area contributed by atoms with Gasteiger partial charge in [0.15, 0.2) is 5.16 Å². The van der Waals surface area contributed by atoms with Crippen LogP contribution >= 0.6 is 11.8 Å². The van der Waals surface area contributed by atoms with E-state index >= 15 is 0 Å². The highest BCUT2D eigenvalue weighted by atomic mass is 32.2. The molecule has 42 heavy (non-hydrogen) atoms. The van der Waals surface area contributed by atoms with Crippen molar-refractivity contribution >= 4 is 35.1 Å². The number of anilines is 2. The Labute approximate surface area is 251 Å². The van der Waals surface area contributed by atoms with E-state index in [1.807, 2.05) is 23.1 Å². The third kappa shape index (κ3) is 8.05. The van der Waals surface area contributed by atoms with Gasteiger partial charge in [0.1, 0.15) is 17.5 Å². The number of amides is 2. The lowest BCUT2D eigenvalue weighted by molar-refractivity contribution is -0.132. The molecule has 10 nitrogen and oxygen atoms in total. The minimum atomic E-state index is -0.166. The van der Waals surface area contributed by atoms with E-state index < -0.39 is 0 Å². The minimum absolute atomic E-state index is 0.109. The molecule has 3 aromatic rings. The van der Waals surface area contributed by atoms with Gasteiger partial charge < -0.3 is 20.9 Å². The Balaban J connectivity index is 1.36. The molecule has 3 N–H and O–H groups in total. The first-order valence-electron chi connectivity index (χ1n) is 14.4. The maximum Gasteiger partial charge on any atom is 0.222 e. The third-order valence-corrected chi connectivity index (χ3v) is 8.34. The van der Waals surface area contributed by atoms with Crippen LogP contribution in [0.5, 0.6) is 0 Å². The fraction of sp³-hybridized carbons (Fsp3) is 0.419. The highest BCUT2D eigenvalue weighted by Crippen LogP contribution is 2.29. The lowest BCUT2D eigenvalue weighted by atomic mass is 10.0. The second-order valence-corrected chi connectivity index (χ2v) is 11.2. The van der Waals surface area contributed by atoms with E-state index in [1.54, 1.807) is 24.3 Å². The molecule has 1 fully saturated rings. The van der Waals surface area contributed by atoms with Gasteiger partial charge in [0, 0.05) is 55.2 Å². The Bertz CT molecular complexity index is 1430. The topological polar surface area (TPSA) is 141 Å². The number of benzene rings is 1. The lowest BCUT2D eigenvalue weighted by Gasteiger charge is -2.37. The molecule has 0 unspecified atom stereocenters. The van der Waals surface area contributed by atoms with E-state index in [0.29, 0.717) is 46.7 Å². The number of carbonyl (C=O) groups excluding carboxylic acids is 2. The van der Waals surface area contributed by atoms with E-state index in [2.05, 4.69) is 40.1 Å². The van der Waals surface area contributed by atoms with Crippen LogP contribution in [0.1, 0.15) is 57.0 Å². The van der Waals surface area contributed by atoms with Crippen molar-refractivity contribution in [2.45, 2.75) is 63.4 Å². The highest BCUT2D eigenvalue weighted by molar-refractivity contribution is 7.98. The number of nitrogens with one attached hydrogen (secondary N) is 1. The zero-order valence-corrected chi connectivity index (χ0v) is 25.3. The second kappa shape index (κ2) is 14.8. The number of nitrogens with zero attached hydrogens (tertiary/aromatic N) is 6. The predicted molar refractivity (Wildman–Crippen MR) is 166 cm³/mol. The monoisotopic (exact) mass is 586 g/mol. The number of likely N-dealkylation sites (tertiary alicyclic amines) is 1. The number of aromatic nitrogens is 3. The maximum atomic E-state index is 12.9. The number of thioether (sulfide) groups is 1. The standard InChI is InChI=1S/C31H38N8O2S/c1-4-38(5-2)26-15-17-39(18-16-26)28(41)14-13-23-7-6-8-25(35-23)20-42-31-36-29(27(19-32)30(33)37-31)22-9-11-24(12-10-22)34-21(3)40/h6-12,26H,4-5,13-18,20H2,1-3H3,(H,34,40)(H2,33,36,37). The van der Waals surface area contributed by atoms with Gasteiger partial charge in [0.05, 0.1) is 11.4 Å². The molecule has 11 heteroatoms. The van der Waals surface area contributed by atoms with Crippen molar-refractivity contribution in [3.05, 3.63) is 59.4 Å². The van der Waals surface area contributed by atoms with E-state index in [4.69, 9.17) is 10.7 Å². The number of carbonyl (C=O) groups is 2. The van der Waals surface area contributed by atoms with Crippen molar-refractivity contribution in [1.82, 2.24) is 24.8 Å². The molecule has 2 amide bonds. The first-order chi connectivity index (χ1) is 20.3. The molecule has 4 rings (SSSR count). The quantitative estimate of drug-likeness (QED) is 0.245. The molecule has 0 radical (unpaired) electrons. The number of aryl methyl sites for hydroxylation is 1. The van der Waals surface area contributed by atoms with Crippen molar-refractivity contribution < 1.29 is 9.59 Å². The van der Waals surface area contributed by atoms with E-state index in [1.165, 1.54) is 18.7 Å². The number of hydrogen-bond acceptors (Lipinski definition) is 9. The first-order valence-corrected chi connectivity index (χ1v) is 15.3. The Morgan fingerprint density at radius 3 is 2.40 bits per heavy atom. The van der Waals surface area contributed by atoms with Gasteiger partial charge in [0.2, 0.25) is 11.8 Å². The third-order valence-electron chi connectivity index (χ3n) is 7.46. The number of nitriles is 1. The molecule has 0 atom stereocenters. The molecular weight excluding hydrogens is 548 g/mol. The number of nitrogens with two attached hydrogens (primary N) is 1. The van der Waals surface area contributed by atoms with Crippen LogP contribution in [0.4, 0.5) is 11.5 Å².